The van der Waals surface area contributed by atoms with Gasteiger partial charge in [0.15, 0.2) is 0 Å². The number of fused-ring (bicyclic) bond motifs is 1. The van der Waals surface area contributed by atoms with E-state index < -0.39 is 0 Å². The van der Waals surface area contributed by atoms with Gasteiger partial charge < -0.3 is 5.32 Å². The van der Waals surface area contributed by atoms with Gasteiger partial charge in [0.2, 0.25) is 0 Å². The zero-order valence-electron chi connectivity index (χ0n) is 11.4. The summed E-state index contributed by atoms with van der Waals surface area (Å²) in [6.07, 6.45) is 3.44. The van der Waals surface area contributed by atoms with Crippen LogP contribution in [0.2, 0.25) is 0 Å². The van der Waals surface area contributed by atoms with Crippen LogP contribution in [0, 0.1) is 5.41 Å². The SMILES string of the molecule is CC(C)=CCNC1c2ccccc2CC1(C)C. The van der Waals surface area contributed by atoms with Crippen molar-refractivity contribution in [2.24, 2.45) is 5.41 Å². The molecule has 1 nitrogen and oxygen atoms in total. The molecule has 0 amide bonds. The first-order chi connectivity index (χ1) is 8.00. The minimum absolute atomic E-state index is 0.319. The van der Waals surface area contributed by atoms with E-state index in [9.17, 15) is 0 Å². The molecule has 2 rings (SSSR count). The molecule has 0 saturated heterocycles. The molecule has 1 aromatic rings. The molecule has 1 aliphatic carbocycles. The molecule has 1 heteroatoms. The van der Waals surface area contributed by atoms with E-state index in [0.29, 0.717) is 11.5 Å². The van der Waals surface area contributed by atoms with E-state index in [1.165, 1.54) is 23.1 Å². The van der Waals surface area contributed by atoms with Crippen molar-refractivity contribution in [3.8, 4) is 0 Å². The van der Waals surface area contributed by atoms with Gasteiger partial charge >= 0.3 is 0 Å². The molecule has 17 heavy (non-hydrogen) atoms. The van der Waals surface area contributed by atoms with E-state index in [2.05, 4.69) is 63.4 Å². The topological polar surface area (TPSA) is 12.0 Å². The Balaban J connectivity index is 2.17. The summed E-state index contributed by atoms with van der Waals surface area (Å²) in [6.45, 7) is 9.97. The Bertz CT molecular complexity index is 425. The molecular formula is C16H23N. The van der Waals surface area contributed by atoms with Crippen molar-refractivity contribution >= 4 is 0 Å². The van der Waals surface area contributed by atoms with Crippen molar-refractivity contribution < 1.29 is 0 Å². The highest BCUT2D eigenvalue weighted by atomic mass is 14.9. The summed E-state index contributed by atoms with van der Waals surface area (Å²) in [4.78, 5) is 0. The first kappa shape index (κ1) is 12.4. The molecule has 0 spiro atoms. The molecule has 0 saturated carbocycles. The number of allylic oxidation sites excluding steroid dienone is 1. The Morgan fingerprint density at radius 3 is 2.76 bits per heavy atom. The minimum Gasteiger partial charge on any atom is -0.306 e. The van der Waals surface area contributed by atoms with Gasteiger partial charge in [-0.05, 0) is 36.8 Å². The molecule has 0 aliphatic heterocycles. The molecule has 1 atom stereocenters. The number of hydrogen-bond acceptors (Lipinski definition) is 1. The van der Waals surface area contributed by atoms with E-state index in [1.807, 2.05) is 0 Å². The minimum atomic E-state index is 0.319. The summed E-state index contributed by atoms with van der Waals surface area (Å²) in [6, 6.07) is 9.31. The summed E-state index contributed by atoms with van der Waals surface area (Å²) < 4.78 is 0. The monoisotopic (exact) mass is 229 g/mol. The third-order valence-corrected chi connectivity index (χ3v) is 3.63. The predicted octanol–water partition coefficient (Wildman–Crippen LogP) is 3.87. The summed E-state index contributed by atoms with van der Waals surface area (Å²) >= 11 is 0. The number of nitrogens with one attached hydrogen (secondary N) is 1. The smallest absolute Gasteiger partial charge is 0.0380 e. The van der Waals surface area contributed by atoms with Crippen LogP contribution in [0.4, 0.5) is 0 Å². The Morgan fingerprint density at radius 2 is 2.06 bits per heavy atom. The molecule has 1 N–H and O–H groups in total. The average molecular weight is 229 g/mol. The molecule has 0 aromatic heterocycles. The number of benzene rings is 1. The summed E-state index contributed by atoms with van der Waals surface area (Å²) in [7, 11) is 0. The summed E-state index contributed by atoms with van der Waals surface area (Å²) in [5.74, 6) is 0. The molecule has 0 bridgehead atoms. The highest BCUT2D eigenvalue weighted by Crippen LogP contribution is 2.44. The van der Waals surface area contributed by atoms with Crippen LogP contribution in [0.1, 0.15) is 44.9 Å². The van der Waals surface area contributed by atoms with E-state index >= 15 is 0 Å². The average Bonchev–Trinajstić information content (AvgIpc) is 2.49. The lowest BCUT2D eigenvalue weighted by Gasteiger charge is -2.28. The number of hydrogen-bond donors (Lipinski definition) is 1. The van der Waals surface area contributed by atoms with Crippen molar-refractivity contribution in [3.05, 3.63) is 47.0 Å². The van der Waals surface area contributed by atoms with Crippen LogP contribution in [-0.4, -0.2) is 6.54 Å². The zero-order valence-corrected chi connectivity index (χ0v) is 11.4. The van der Waals surface area contributed by atoms with Gasteiger partial charge in [-0.25, -0.2) is 0 Å². The van der Waals surface area contributed by atoms with Crippen LogP contribution in [0.5, 0.6) is 0 Å². The van der Waals surface area contributed by atoms with Crippen LogP contribution in [0.25, 0.3) is 0 Å². The lowest BCUT2D eigenvalue weighted by atomic mass is 9.85. The Kier molecular flexibility index (Phi) is 3.39. The van der Waals surface area contributed by atoms with Crippen molar-refractivity contribution in [3.63, 3.8) is 0 Å². The Hall–Kier alpha value is -1.08. The van der Waals surface area contributed by atoms with Gasteiger partial charge in [-0.15, -0.1) is 0 Å². The fourth-order valence-electron chi connectivity index (χ4n) is 2.76. The van der Waals surface area contributed by atoms with Gasteiger partial charge in [0.1, 0.15) is 0 Å². The fourth-order valence-corrected chi connectivity index (χ4v) is 2.76. The molecule has 0 fully saturated rings. The van der Waals surface area contributed by atoms with Crippen LogP contribution in [-0.2, 0) is 6.42 Å². The molecule has 1 aliphatic rings. The lowest BCUT2D eigenvalue weighted by molar-refractivity contribution is 0.276. The third-order valence-electron chi connectivity index (χ3n) is 3.63. The second-order valence-electron chi connectivity index (χ2n) is 5.99. The van der Waals surface area contributed by atoms with Crippen molar-refractivity contribution in [2.75, 3.05) is 6.54 Å². The highest BCUT2D eigenvalue weighted by molar-refractivity contribution is 5.37. The normalized spacial score (nSPS) is 21.1. The Morgan fingerprint density at radius 1 is 1.35 bits per heavy atom. The first-order valence-corrected chi connectivity index (χ1v) is 6.45. The molecule has 1 unspecified atom stereocenters. The lowest BCUT2D eigenvalue weighted by Crippen LogP contribution is -2.31. The second-order valence-corrected chi connectivity index (χ2v) is 5.99. The summed E-state index contributed by atoms with van der Waals surface area (Å²) in [5.41, 5.74) is 4.69. The van der Waals surface area contributed by atoms with Crippen LogP contribution >= 0.6 is 0 Å². The maximum absolute atomic E-state index is 3.68. The zero-order chi connectivity index (χ0) is 12.5. The predicted molar refractivity (Wildman–Crippen MR) is 74.1 cm³/mol. The molecular weight excluding hydrogens is 206 g/mol. The van der Waals surface area contributed by atoms with E-state index in [1.54, 1.807) is 0 Å². The highest BCUT2D eigenvalue weighted by Gasteiger charge is 2.37. The van der Waals surface area contributed by atoms with Crippen LogP contribution < -0.4 is 5.32 Å². The van der Waals surface area contributed by atoms with Gasteiger partial charge in [0.25, 0.3) is 0 Å². The van der Waals surface area contributed by atoms with Gasteiger partial charge in [-0.3, -0.25) is 0 Å². The van der Waals surface area contributed by atoms with E-state index in [0.717, 1.165) is 6.54 Å². The standard InChI is InChI=1S/C16H23N/c1-12(2)9-10-17-15-14-8-6-5-7-13(14)11-16(15,3)4/h5-9,15,17H,10-11H2,1-4H3. The molecule has 0 heterocycles. The van der Waals surface area contributed by atoms with Gasteiger partial charge in [0.05, 0.1) is 0 Å². The second kappa shape index (κ2) is 4.66. The number of rotatable bonds is 3. The van der Waals surface area contributed by atoms with Crippen LogP contribution in [0.3, 0.4) is 0 Å². The quantitative estimate of drug-likeness (QED) is 0.776. The largest absolute Gasteiger partial charge is 0.306 e. The summed E-state index contributed by atoms with van der Waals surface area (Å²) in [5, 5.41) is 3.68. The van der Waals surface area contributed by atoms with E-state index in [-0.39, 0.29) is 0 Å². The Labute approximate surface area is 105 Å². The first-order valence-electron chi connectivity index (χ1n) is 6.45. The molecule has 1 aromatic carbocycles. The van der Waals surface area contributed by atoms with Crippen molar-refractivity contribution in [1.29, 1.82) is 0 Å². The fraction of sp³-hybridized carbons (Fsp3) is 0.500. The van der Waals surface area contributed by atoms with Gasteiger partial charge in [-0.2, -0.15) is 0 Å². The third kappa shape index (κ3) is 2.61. The molecule has 0 radical (unpaired) electrons. The maximum atomic E-state index is 3.68. The van der Waals surface area contributed by atoms with Crippen molar-refractivity contribution in [1.82, 2.24) is 5.32 Å². The van der Waals surface area contributed by atoms with Crippen molar-refractivity contribution in [2.45, 2.75) is 40.2 Å². The van der Waals surface area contributed by atoms with Crippen LogP contribution in [0.15, 0.2) is 35.9 Å². The van der Waals surface area contributed by atoms with Gasteiger partial charge in [-0.1, -0.05) is 49.8 Å². The molecule has 92 valence electrons. The van der Waals surface area contributed by atoms with E-state index in [4.69, 9.17) is 0 Å². The maximum Gasteiger partial charge on any atom is 0.0380 e. The van der Waals surface area contributed by atoms with Gasteiger partial charge in [0, 0.05) is 12.6 Å².